The van der Waals surface area contributed by atoms with Crippen LogP contribution in [0.5, 0.6) is 11.5 Å². The topological polar surface area (TPSA) is 112 Å². The molecule has 0 spiro atoms. The van der Waals surface area contributed by atoms with E-state index in [1.165, 1.54) is 38.6 Å². The number of aromatic nitrogens is 2. The van der Waals surface area contributed by atoms with Gasteiger partial charge in [0.25, 0.3) is 11.5 Å². The smallest absolute Gasteiger partial charge is 0.343 e. The first kappa shape index (κ1) is 23.3. The summed E-state index contributed by atoms with van der Waals surface area (Å²) in [5.41, 5.74) is 2.86. The second-order valence-electron chi connectivity index (χ2n) is 7.33. The summed E-state index contributed by atoms with van der Waals surface area (Å²) in [6.07, 6.45) is 1.37. The van der Waals surface area contributed by atoms with Gasteiger partial charge in [0.05, 0.1) is 24.3 Å². The third-order valence-corrected chi connectivity index (χ3v) is 5.02. The fourth-order valence-electron chi connectivity index (χ4n) is 3.28. The molecule has 1 N–H and O–H groups in total. The molecule has 1 aromatic heterocycles. The summed E-state index contributed by atoms with van der Waals surface area (Å²) in [7, 11) is 2.87. The number of hydrogen-bond donors (Lipinski definition) is 1. The molecular weight excluding hydrogens is 455 g/mol. The van der Waals surface area contributed by atoms with E-state index >= 15 is 0 Å². The van der Waals surface area contributed by atoms with Crippen molar-refractivity contribution in [1.29, 1.82) is 0 Å². The molecule has 0 aliphatic heterocycles. The summed E-state index contributed by atoms with van der Waals surface area (Å²) in [6, 6.07) is 16.3. The lowest BCUT2D eigenvalue weighted by Gasteiger charge is -2.10. The van der Waals surface area contributed by atoms with E-state index in [0.29, 0.717) is 16.3 Å². The number of nitrogens with one attached hydrogen (secondary N) is 1. The molecule has 0 saturated carbocycles. The largest absolute Gasteiger partial charge is 0.493 e. The van der Waals surface area contributed by atoms with Crippen LogP contribution in [0.25, 0.3) is 10.8 Å². The van der Waals surface area contributed by atoms with Gasteiger partial charge in [-0.05, 0) is 54.1 Å². The molecule has 0 radical (unpaired) electrons. The predicted octanol–water partition coefficient (Wildman–Crippen LogP) is 3.06. The molecule has 1 heterocycles. The van der Waals surface area contributed by atoms with Crippen molar-refractivity contribution in [3.63, 3.8) is 0 Å². The average molecular weight is 474 g/mol. The Morgan fingerprint density at radius 1 is 1.03 bits per heavy atom. The van der Waals surface area contributed by atoms with E-state index in [1.807, 2.05) is 0 Å². The summed E-state index contributed by atoms with van der Waals surface area (Å²) in [6.45, 7) is 0. The van der Waals surface area contributed by atoms with E-state index in [1.54, 1.807) is 36.4 Å². The van der Waals surface area contributed by atoms with E-state index in [0.717, 1.165) is 16.8 Å². The Balaban J connectivity index is 1.49. The maximum Gasteiger partial charge on any atom is 0.343 e. The molecule has 35 heavy (non-hydrogen) atoms. The van der Waals surface area contributed by atoms with Gasteiger partial charge in [-0.15, -0.1) is 0 Å². The third-order valence-electron chi connectivity index (χ3n) is 5.02. The van der Waals surface area contributed by atoms with Gasteiger partial charge in [0.1, 0.15) is 5.82 Å². The van der Waals surface area contributed by atoms with Gasteiger partial charge in [0.2, 0.25) is 0 Å². The summed E-state index contributed by atoms with van der Waals surface area (Å²) in [5, 5.41) is 8.78. The van der Waals surface area contributed by atoms with Crippen LogP contribution >= 0.6 is 0 Å². The predicted molar refractivity (Wildman–Crippen MR) is 126 cm³/mol. The van der Waals surface area contributed by atoms with Crippen molar-refractivity contribution in [1.82, 2.24) is 15.2 Å². The zero-order valence-corrected chi connectivity index (χ0v) is 18.7. The number of methoxy groups -OCH3 is 1. The number of amides is 1. The van der Waals surface area contributed by atoms with Crippen LogP contribution in [0.2, 0.25) is 0 Å². The monoisotopic (exact) mass is 474 g/mol. The number of fused-ring (bicyclic) bond motifs is 1. The van der Waals surface area contributed by atoms with Crippen molar-refractivity contribution in [3.8, 4) is 11.5 Å². The normalized spacial score (nSPS) is 10.9. The highest BCUT2D eigenvalue weighted by Gasteiger charge is 2.15. The van der Waals surface area contributed by atoms with Crippen molar-refractivity contribution in [3.05, 3.63) is 99.7 Å². The number of carbonyl (C=O) groups is 2. The van der Waals surface area contributed by atoms with Gasteiger partial charge in [0.15, 0.2) is 17.2 Å². The highest BCUT2D eigenvalue weighted by Crippen LogP contribution is 2.28. The Bertz CT molecular complexity index is 1510. The van der Waals surface area contributed by atoms with Gasteiger partial charge >= 0.3 is 5.97 Å². The van der Waals surface area contributed by atoms with Crippen LogP contribution in [-0.2, 0) is 7.05 Å². The van der Waals surface area contributed by atoms with Gasteiger partial charge in [0, 0.05) is 12.4 Å². The number of carbonyl (C=O) groups excluding carboxylic acids is 2. The third kappa shape index (κ3) is 5.06. The van der Waals surface area contributed by atoms with Gasteiger partial charge in [-0.3, -0.25) is 9.59 Å². The quantitative estimate of drug-likeness (QED) is 0.199. The first-order valence-corrected chi connectivity index (χ1v) is 10.3. The first-order chi connectivity index (χ1) is 16.9. The fraction of sp³-hybridized carbons (Fsp3) is 0.0800. The van der Waals surface area contributed by atoms with Crippen LogP contribution in [-0.4, -0.2) is 35.0 Å². The zero-order chi connectivity index (χ0) is 24.9. The number of halogens is 1. The molecule has 9 nitrogen and oxygen atoms in total. The number of hydrazone groups is 1. The van der Waals surface area contributed by atoms with E-state index in [4.69, 9.17) is 9.47 Å². The molecule has 4 rings (SSSR count). The summed E-state index contributed by atoms with van der Waals surface area (Å²) >= 11 is 0. The number of hydrogen-bond acceptors (Lipinski definition) is 7. The molecular formula is C25H19FN4O5. The fourth-order valence-corrected chi connectivity index (χ4v) is 3.28. The van der Waals surface area contributed by atoms with Crippen molar-refractivity contribution in [2.45, 2.75) is 0 Å². The number of rotatable bonds is 6. The van der Waals surface area contributed by atoms with Crippen LogP contribution in [0, 0.1) is 5.82 Å². The Kier molecular flexibility index (Phi) is 6.63. The van der Waals surface area contributed by atoms with Crippen molar-refractivity contribution < 1.29 is 23.5 Å². The van der Waals surface area contributed by atoms with E-state index in [-0.39, 0.29) is 28.3 Å². The van der Waals surface area contributed by atoms with Gasteiger partial charge in [-0.25, -0.2) is 19.3 Å². The van der Waals surface area contributed by atoms with Crippen molar-refractivity contribution in [2.75, 3.05) is 7.11 Å². The van der Waals surface area contributed by atoms with Crippen LogP contribution in [0.1, 0.15) is 26.4 Å². The minimum Gasteiger partial charge on any atom is -0.493 e. The Morgan fingerprint density at radius 3 is 2.46 bits per heavy atom. The minimum absolute atomic E-state index is 0.0560. The van der Waals surface area contributed by atoms with E-state index in [9.17, 15) is 18.8 Å². The number of esters is 1. The van der Waals surface area contributed by atoms with E-state index in [2.05, 4.69) is 15.6 Å². The molecule has 0 aliphatic carbocycles. The second-order valence-corrected chi connectivity index (χ2v) is 7.33. The Hall–Kier alpha value is -4.86. The zero-order valence-electron chi connectivity index (χ0n) is 18.7. The molecule has 0 atom stereocenters. The molecule has 0 bridgehead atoms. The molecule has 3 aromatic carbocycles. The van der Waals surface area contributed by atoms with Gasteiger partial charge in [-0.1, -0.05) is 18.2 Å². The number of aryl methyl sites for hydroxylation is 1. The molecule has 176 valence electrons. The molecule has 4 aromatic rings. The van der Waals surface area contributed by atoms with Crippen molar-refractivity contribution >= 4 is 28.9 Å². The van der Waals surface area contributed by atoms with Crippen LogP contribution < -0.4 is 20.5 Å². The van der Waals surface area contributed by atoms with Crippen LogP contribution in [0.4, 0.5) is 4.39 Å². The Morgan fingerprint density at radius 2 is 1.74 bits per heavy atom. The summed E-state index contributed by atoms with van der Waals surface area (Å²) < 4.78 is 24.8. The van der Waals surface area contributed by atoms with E-state index < -0.39 is 17.7 Å². The maximum absolute atomic E-state index is 13.1. The molecule has 10 heteroatoms. The number of ether oxygens (including phenoxy) is 2. The highest BCUT2D eigenvalue weighted by molar-refractivity contribution is 6.05. The summed E-state index contributed by atoms with van der Waals surface area (Å²) in [5.74, 6) is -1.32. The lowest BCUT2D eigenvalue weighted by atomic mass is 10.1. The minimum atomic E-state index is -0.672. The molecule has 0 aliphatic rings. The average Bonchev–Trinajstić information content (AvgIpc) is 2.87. The second kappa shape index (κ2) is 9.96. The maximum atomic E-state index is 13.1. The lowest BCUT2D eigenvalue weighted by Crippen LogP contribution is -2.27. The SMILES string of the molecule is COc1cc(/C=N/NC(=O)c2nn(C)c(=O)c3ccccc23)ccc1OC(=O)c1ccc(F)cc1. The molecule has 1 amide bonds. The molecule has 0 unspecified atom stereocenters. The standard InChI is InChI=1S/C25H19FN4O5/c1-30-24(32)19-6-4-3-5-18(19)22(29-30)23(31)28-27-14-15-7-12-20(21(13-15)34-2)35-25(33)16-8-10-17(26)11-9-16/h3-14H,1-2H3,(H,28,31)/b27-14+. The first-order valence-electron chi connectivity index (χ1n) is 10.3. The Labute approximate surface area is 198 Å². The van der Waals surface area contributed by atoms with Gasteiger partial charge < -0.3 is 9.47 Å². The molecule has 0 fully saturated rings. The number of nitrogens with zero attached hydrogens (tertiary/aromatic N) is 3. The lowest BCUT2D eigenvalue weighted by molar-refractivity contribution is 0.0729. The molecule has 0 saturated heterocycles. The van der Waals surface area contributed by atoms with Crippen LogP contribution in [0.15, 0.2) is 76.6 Å². The number of benzene rings is 3. The highest BCUT2D eigenvalue weighted by atomic mass is 19.1. The summed E-state index contributed by atoms with van der Waals surface area (Å²) in [4.78, 5) is 37.2. The van der Waals surface area contributed by atoms with Gasteiger partial charge in [-0.2, -0.15) is 10.2 Å². The van der Waals surface area contributed by atoms with Crippen LogP contribution in [0.3, 0.4) is 0 Å². The van der Waals surface area contributed by atoms with Crippen molar-refractivity contribution in [2.24, 2.45) is 12.1 Å².